The van der Waals surface area contributed by atoms with Crippen LogP contribution in [0.3, 0.4) is 0 Å². The maximum atomic E-state index is 10.1. The maximum absolute atomic E-state index is 10.1. The maximum Gasteiger partial charge on any atom is 0.167 e. The van der Waals surface area contributed by atoms with Crippen LogP contribution in [0.2, 0.25) is 0 Å². The zero-order valence-corrected chi connectivity index (χ0v) is 12.4. The number of nitrogens with zero attached hydrogens (tertiary/aromatic N) is 5. The van der Waals surface area contributed by atoms with Crippen molar-refractivity contribution >= 4 is 17.0 Å². The molecule has 0 aliphatic carbocycles. The van der Waals surface area contributed by atoms with Crippen LogP contribution >= 0.6 is 0 Å². The second kappa shape index (κ2) is 5.76. The van der Waals surface area contributed by atoms with Gasteiger partial charge in [-0.05, 0) is 6.92 Å². The van der Waals surface area contributed by atoms with E-state index in [9.17, 15) is 15.3 Å². The van der Waals surface area contributed by atoms with Gasteiger partial charge in [-0.3, -0.25) is 4.57 Å². The Hall–Kier alpha value is -1.81. The molecule has 2 aromatic rings. The Labute approximate surface area is 126 Å². The molecule has 1 aliphatic heterocycles. The van der Waals surface area contributed by atoms with Crippen LogP contribution in [0.4, 0.5) is 5.82 Å². The van der Waals surface area contributed by atoms with Gasteiger partial charge in [0.1, 0.15) is 24.6 Å². The van der Waals surface area contributed by atoms with E-state index >= 15 is 0 Å². The van der Waals surface area contributed by atoms with Gasteiger partial charge in [-0.25, -0.2) is 15.0 Å². The molecule has 9 nitrogen and oxygen atoms in total. The van der Waals surface area contributed by atoms with Gasteiger partial charge in [-0.1, -0.05) is 0 Å². The van der Waals surface area contributed by atoms with E-state index in [1.165, 1.54) is 12.7 Å². The van der Waals surface area contributed by atoms with Crippen molar-refractivity contribution in [1.82, 2.24) is 19.5 Å². The van der Waals surface area contributed by atoms with Crippen LogP contribution in [-0.4, -0.2) is 73.3 Å². The number of ether oxygens (including phenoxy) is 1. The highest BCUT2D eigenvalue weighted by molar-refractivity contribution is 5.83. The highest BCUT2D eigenvalue weighted by Crippen LogP contribution is 2.32. The smallest absolute Gasteiger partial charge is 0.167 e. The van der Waals surface area contributed by atoms with Crippen LogP contribution in [0.5, 0.6) is 0 Å². The Morgan fingerprint density at radius 3 is 2.68 bits per heavy atom. The molecule has 0 saturated carbocycles. The second-order valence-corrected chi connectivity index (χ2v) is 5.26. The molecule has 0 unspecified atom stereocenters. The number of hydrogen-bond donors (Lipinski definition) is 3. The Kier molecular flexibility index (Phi) is 3.96. The number of aromatic nitrogens is 4. The predicted octanol–water partition coefficient (Wildman–Crippen LogP) is -1.11. The summed E-state index contributed by atoms with van der Waals surface area (Å²) in [6.07, 6.45) is -1.11. The van der Waals surface area contributed by atoms with Gasteiger partial charge in [-0.2, -0.15) is 0 Å². The summed E-state index contributed by atoms with van der Waals surface area (Å²) in [5.74, 6) is 0.679. The van der Waals surface area contributed by atoms with Crippen LogP contribution in [0.1, 0.15) is 13.2 Å². The van der Waals surface area contributed by atoms with Gasteiger partial charge in [0.15, 0.2) is 23.2 Å². The van der Waals surface area contributed by atoms with Crippen LogP contribution in [0, 0.1) is 0 Å². The summed E-state index contributed by atoms with van der Waals surface area (Å²) in [5.41, 5.74) is 1.09. The van der Waals surface area contributed by atoms with Gasteiger partial charge in [0.05, 0.1) is 12.9 Å². The SMILES string of the molecule is CCN(C)c1ncnc2c1ncn2[C@@H]1O[C@H](CO)[C@@H](O)[C@H]1O. The van der Waals surface area contributed by atoms with Gasteiger partial charge >= 0.3 is 0 Å². The van der Waals surface area contributed by atoms with Crippen molar-refractivity contribution < 1.29 is 20.1 Å². The standard InChI is InChI=1S/C13H19N5O4/c1-3-17(2)11-8-12(15-5-14-11)18(6-16-8)13-10(21)9(20)7(4-19)22-13/h5-7,9-10,13,19-21H,3-4H2,1-2H3/t7-,9-,10-,13-/m1/s1. The zero-order valence-electron chi connectivity index (χ0n) is 12.4. The predicted molar refractivity (Wildman–Crippen MR) is 77.3 cm³/mol. The van der Waals surface area contributed by atoms with Crippen LogP contribution < -0.4 is 4.90 Å². The molecule has 1 aliphatic rings. The molecule has 0 bridgehead atoms. The molecule has 3 heterocycles. The highest BCUT2D eigenvalue weighted by atomic mass is 16.6. The van der Waals surface area contributed by atoms with Crippen molar-refractivity contribution in [3.63, 3.8) is 0 Å². The quantitative estimate of drug-likeness (QED) is 0.651. The van der Waals surface area contributed by atoms with Gasteiger partial charge in [-0.15, -0.1) is 0 Å². The minimum atomic E-state index is -1.17. The first-order valence-corrected chi connectivity index (χ1v) is 7.09. The van der Waals surface area contributed by atoms with Gasteiger partial charge in [0.2, 0.25) is 0 Å². The van der Waals surface area contributed by atoms with Crippen molar-refractivity contribution in [1.29, 1.82) is 0 Å². The number of imidazole rings is 1. The van der Waals surface area contributed by atoms with E-state index in [0.29, 0.717) is 17.0 Å². The fraction of sp³-hybridized carbons (Fsp3) is 0.615. The summed E-state index contributed by atoms with van der Waals surface area (Å²) in [6.45, 7) is 2.38. The number of fused-ring (bicyclic) bond motifs is 1. The fourth-order valence-corrected chi connectivity index (χ4v) is 2.56. The summed E-state index contributed by atoms with van der Waals surface area (Å²) < 4.78 is 7.06. The molecule has 9 heteroatoms. The third kappa shape index (κ3) is 2.22. The second-order valence-electron chi connectivity index (χ2n) is 5.26. The van der Waals surface area contributed by atoms with E-state index < -0.39 is 24.5 Å². The van der Waals surface area contributed by atoms with E-state index in [2.05, 4.69) is 15.0 Å². The van der Waals surface area contributed by atoms with Gasteiger partial charge in [0.25, 0.3) is 0 Å². The van der Waals surface area contributed by atoms with Crippen molar-refractivity contribution in [3.8, 4) is 0 Å². The molecular weight excluding hydrogens is 290 g/mol. The minimum Gasteiger partial charge on any atom is -0.394 e. The summed E-state index contributed by atoms with van der Waals surface area (Å²) in [5, 5.41) is 29.2. The normalized spacial score (nSPS) is 28.4. The minimum absolute atomic E-state index is 0.375. The first-order chi connectivity index (χ1) is 10.6. The van der Waals surface area contributed by atoms with E-state index in [0.717, 1.165) is 6.54 Å². The van der Waals surface area contributed by atoms with Crippen molar-refractivity contribution in [2.75, 3.05) is 25.1 Å². The molecule has 0 radical (unpaired) electrons. The van der Waals surface area contributed by atoms with Crippen LogP contribution in [0.25, 0.3) is 11.2 Å². The van der Waals surface area contributed by atoms with Crippen molar-refractivity contribution in [2.45, 2.75) is 31.5 Å². The zero-order chi connectivity index (χ0) is 15.9. The third-order valence-electron chi connectivity index (χ3n) is 3.97. The fourth-order valence-electron chi connectivity index (χ4n) is 2.56. The lowest BCUT2D eigenvalue weighted by Gasteiger charge is -2.18. The lowest BCUT2D eigenvalue weighted by atomic mass is 10.1. The van der Waals surface area contributed by atoms with E-state index in [4.69, 9.17) is 4.74 Å². The lowest BCUT2D eigenvalue weighted by Crippen LogP contribution is -2.33. The summed E-state index contributed by atoms with van der Waals surface area (Å²) >= 11 is 0. The van der Waals surface area contributed by atoms with Crippen LogP contribution in [0.15, 0.2) is 12.7 Å². The van der Waals surface area contributed by atoms with Crippen molar-refractivity contribution in [3.05, 3.63) is 12.7 Å². The molecule has 4 atom stereocenters. The van der Waals surface area contributed by atoms with E-state index in [1.54, 1.807) is 4.57 Å². The molecule has 120 valence electrons. The molecule has 3 rings (SSSR count). The van der Waals surface area contributed by atoms with E-state index in [-0.39, 0.29) is 6.61 Å². The molecule has 2 aromatic heterocycles. The molecule has 0 aromatic carbocycles. The topological polar surface area (TPSA) is 117 Å². The summed E-state index contributed by atoms with van der Waals surface area (Å²) in [4.78, 5) is 14.7. The lowest BCUT2D eigenvalue weighted by molar-refractivity contribution is -0.0511. The molecule has 0 spiro atoms. The largest absolute Gasteiger partial charge is 0.394 e. The number of rotatable bonds is 4. The first-order valence-electron chi connectivity index (χ1n) is 7.09. The monoisotopic (exact) mass is 309 g/mol. The third-order valence-corrected chi connectivity index (χ3v) is 3.97. The Morgan fingerprint density at radius 1 is 1.27 bits per heavy atom. The number of anilines is 1. The molecular formula is C13H19N5O4. The number of aliphatic hydroxyl groups excluding tert-OH is 3. The molecule has 1 fully saturated rings. The molecule has 0 amide bonds. The van der Waals surface area contributed by atoms with Crippen molar-refractivity contribution in [2.24, 2.45) is 0 Å². The Morgan fingerprint density at radius 2 is 2.05 bits per heavy atom. The van der Waals surface area contributed by atoms with Gasteiger partial charge in [0, 0.05) is 13.6 Å². The van der Waals surface area contributed by atoms with Gasteiger partial charge < -0.3 is 25.0 Å². The Balaban J connectivity index is 2.03. The molecule has 1 saturated heterocycles. The summed E-state index contributed by atoms with van der Waals surface area (Å²) in [6, 6.07) is 0. The molecule has 3 N–H and O–H groups in total. The van der Waals surface area contributed by atoms with E-state index in [1.807, 2.05) is 18.9 Å². The van der Waals surface area contributed by atoms with Crippen LogP contribution in [-0.2, 0) is 4.74 Å². The Bertz CT molecular complexity index is 663. The molecule has 22 heavy (non-hydrogen) atoms. The highest BCUT2D eigenvalue weighted by Gasteiger charge is 2.44. The number of hydrogen-bond acceptors (Lipinski definition) is 8. The average Bonchev–Trinajstić information content (AvgIpc) is 3.08. The summed E-state index contributed by atoms with van der Waals surface area (Å²) in [7, 11) is 1.90. The number of aliphatic hydroxyl groups is 3. The average molecular weight is 309 g/mol. The first kappa shape index (κ1) is 15.1.